The summed E-state index contributed by atoms with van der Waals surface area (Å²) < 4.78 is 10.7. The quantitative estimate of drug-likeness (QED) is 0.181. The number of benzene rings is 2. The van der Waals surface area contributed by atoms with E-state index in [2.05, 4.69) is 0 Å². The highest BCUT2D eigenvalue weighted by Gasteiger charge is 2.65. The number of amides is 3. The Balaban J connectivity index is 1.34. The van der Waals surface area contributed by atoms with Crippen molar-refractivity contribution in [3.8, 4) is 0 Å². The fourth-order valence-corrected chi connectivity index (χ4v) is 4.87. The first-order chi connectivity index (χ1) is 18.0. The fraction of sp³-hybridized carbons (Fsp3) is 0.304. The Kier molecular flexibility index (Phi) is 5.88. The Hall–Kier alpha value is -4.76. The molecule has 0 spiro atoms. The minimum atomic E-state index is -1.65. The maximum atomic E-state index is 13.2. The molecule has 38 heavy (non-hydrogen) atoms. The van der Waals surface area contributed by atoms with Crippen LogP contribution in [0.4, 0.5) is 11.4 Å². The topological polar surface area (TPSA) is 200 Å². The lowest BCUT2D eigenvalue weighted by molar-refractivity contribution is -0.385. The van der Waals surface area contributed by atoms with Gasteiger partial charge in [-0.15, -0.1) is 0 Å². The van der Waals surface area contributed by atoms with Crippen LogP contribution in [0.3, 0.4) is 0 Å². The number of carbonyl (C=O) groups is 4. The molecule has 0 saturated carbocycles. The van der Waals surface area contributed by atoms with Gasteiger partial charge in [-0.3, -0.25) is 39.5 Å². The van der Waals surface area contributed by atoms with E-state index < -0.39 is 69.7 Å². The lowest BCUT2D eigenvalue weighted by Gasteiger charge is -2.57. The molecular formula is C23H18N4O11. The van der Waals surface area contributed by atoms with Crippen LogP contribution < -0.4 is 0 Å². The van der Waals surface area contributed by atoms with E-state index >= 15 is 0 Å². The van der Waals surface area contributed by atoms with Gasteiger partial charge < -0.3 is 19.5 Å². The van der Waals surface area contributed by atoms with E-state index in [1.54, 1.807) is 0 Å². The summed E-state index contributed by atoms with van der Waals surface area (Å²) in [4.78, 5) is 74.3. The third kappa shape index (κ3) is 3.75. The number of imide groups is 1. The molecule has 2 saturated heterocycles. The number of aliphatic hydroxyl groups is 1. The van der Waals surface area contributed by atoms with Gasteiger partial charge in [0.05, 0.1) is 27.1 Å². The molecule has 2 fully saturated rings. The van der Waals surface area contributed by atoms with Crippen molar-refractivity contribution in [2.75, 3.05) is 0 Å². The van der Waals surface area contributed by atoms with Crippen LogP contribution >= 0.6 is 0 Å². The maximum absolute atomic E-state index is 13.2. The van der Waals surface area contributed by atoms with Crippen LogP contribution in [0.15, 0.2) is 42.5 Å². The highest BCUT2D eigenvalue weighted by Crippen LogP contribution is 2.40. The van der Waals surface area contributed by atoms with Gasteiger partial charge in [-0.1, -0.05) is 0 Å². The molecule has 15 nitrogen and oxygen atoms in total. The molecule has 5 atom stereocenters. The van der Waals surface area contributed by atoms with Crippen LogP contribution in [0.5, 0.6) is 0 Å². The Morgan fingerprint density at radius 3 is 2.24 bits per heavy atom. The number of nitro benzene ring substituents is 2. The maximum Gasteiger partial charge on any atom is 0.331 e. The van der Waals surface area contributed by atoms with Crippen LogP contribution in [0.2, 0.25) is 0 Å². The first-order valence-corrected chi connectivity index (χ1v) is 11.2. The molecule has 2 unspecified atom stereocenters. The number of morpholine rings is 1. The lowest BCUT2D eigenvalue weighted by atomic mass is 9.86. The molecule has 15 heteroatoms. The van der Waals surface area contributed by atoms with E-state index in [0.29, 0.717) is 10.5 Å². The number of hydrogen-bond donors (Lipinski definition) is 1. The number of fused-ring (bicyclic) bond motifs is 2. The molecular weight excluding hydrogens is 508 g/mol. The van der Waals surface area contributed by atoms with Gasteiger partial charge in [-0.25, -0.2) is 4.79 Å². The summed E-state index contributed by atoms with van der Waals surface area (Å²) in [6, 6.07) is 4.27. The molecule has 3 aliphatic rings. The Morgan fingerprint density at radius 2 is 1.61 bits per heavy atom. The number of non-ortho nitro benzene ring substituents is 2. The van der Waals surface area contributed by atoms with Crippen molar-refractivity contribution in [2.24, 2.45) is 0 Å². The van der Waals surface area contributed by atoms with E-state index in [4.69, 9.17) is 9.47 Å². The van der Waals surface area contributed by atoms with Crippen LogP contribution in [-0.2, 0) is 25.7 Å². The molecule has 5 rings (SSSR count). The molecule has 1 N–H and O–H groups in total. The van der Waals surface area contributed by atoms with Crippen LogP contribution in [-0.4, -0.2) is 79.0 Å². The summed E-state index contributed by atoms with van der Waals surface area (Å²) in [7, 11) is 0. The number of rotatable bonds is 6. The summed E-state index contributed by atoms with van der Waals surface area (Å²) in [5.41, 5.74) is -0.511. The number of nitrogens with zero attached hydrogens (tertiary/aromatic N) is 4. The Bertz CT molecular complexity index is 1410. The van der Waals surface area contributed by atoms with Gasteiger partial charge in [0, 0.05) is 24.3 Å². The number of ether oxygens (including phenoxy) is 2. The van der Waals surface area contributed by atoms with Crippen LogP contribution in [0, 0.1) is 20.2 Å². The minimum absolute atomic E-state index is 0.134. The molecule has 0 radical (unpaired) electrons. The van der Waals surface area contributed by atoms with E-state index in [9.17, 15) is 44.5 Å². The zero-order chi connectivity index (χ0) is 27.5. The zero-order valence-corrected chi connectivity index (χ0v) is 19.5. The summed E-state index contributed by atoms with van der Waals surface area (Å²) in [6.45, 7) is 1.16. The number of carbonyl (C=O) groups excluding carboxylic acids is 4. The standard InChI is InChI=1S/C23H18N4O11/c1-10-16(22(31)37-9-11-2-4-12(5-3-11)26(33)34)24-18(23(32)38-10)17(21(24)30)25-19(28)14-7-6-13(27(35)36)8-15(14)20(25)29/h2-8,10,16-18,23,32H,9H2,1H3/t10?,16-,17+,18+,23?/m1/s1. The largest absolute Gasteiger partial charge is 0.459 e. The Morgan fingerprint density at radius 1 is 1.00 bits per heavy atom. The zero-order valence-electron chi connectivity index (χ0n) is 19.5. The van der Waals surface area contributed by atoms with Gasteiger partial charge in [0.25, 0.3) is 23.2 Å². The normalized spacial score (nSPS) is 25.9. The minimum Gasteiger partial charge on any atom is -0.459 e. The second-order valence-electron chi connectivity index (χ2n) is 8.86. The van der Waals surface area contributed by atoms with Crippen molar-refractivity contribution >= 4 is 35.1 Å². The van der Waals surface area contributed by atoms with E-state index in [-0.39, 0.29) is 23.4 Å². The smallest absolute Gasteiger partial charge is 0.331 e. The third-order valence-corrected chi connectivity index (χ3v) is 6.70. The fourth-order valence-electron chi connectivity index (χ4n) is 4.87. The summed E-state index contributed by atoms with van der Waals surface area (Å²) in [6.07, 6.45) is -2.66. The number of esters is 1. The number of β-lactam (4-membered cyclic amide) rings is 1. The summed E-state index contributed by atoms with van der Waals surface area (Å²) in [5.74, 6) is -3.53. The molecule has 2 aromatic rings. The lowest BCUT2D eigenvalue weighted by Crippen LogP contribution is -2.81. The Labute approximate surface area is 212 Å². The molecule has 0 aromatic heterocycles. The molecule has 2 aromatic carbocycles. The van der Waals surface area contributed by atoms with E-state index in [0.717, 1.165) is 23.1 Å². The second-order valence-corrected chi connectivity index (χ2v) is 8.86. The van der Waals surface area contributed by atoms with Crippen molar-refractivity contribution in [3.05, 3.63) is 79.4 Å². The van der Waals surface area contributed by atoms with Gasteiger partial charge in [0.15, 0.2) is 12.3 Å². The van der Waals surface area contributed by atoms with Crippen molar-refractivity contribution < 1.29 is 43.6 Å². The third-order valence-electron chi connectivity index (χ3n) is 6.70. The van der Waals surface area contributed by atoms with Crippen molar-refractivity contribution in [2.45, 2.75) is 44.1 Å². The predicted molar refractivity (Wildman–Crippen MR) is 121 cm³/mol. The highest BCUT2D eigenvalue weighted by atomic mass is 16.6. The van der Waals surface area contributed by atoms with Crippen LogP contribution in [0.1, 0.15) is 33.2 Å². The monoisotopic (exact) mass is 526 g/mol. The van der Waals surface area contributed by atoms with Gasteiger partial charge in [-0.2, -0.15) is 0 Å². The average molecular weight is 526 g/mol. The highest BCUT2D eigenvalue weighted by molar-refractivity contribution is 6.23. The van der Waals surface area contributed by atoms with Gasteiger partial charge in [0.1, 0.15) is 18.7 Å². The predicted octanol–water partition coefficient (Wildman–Crippen LogP) is 0.527. The first kappa shape index (κ1) is 24.9. The SMILES string of the molecule is CC1OC(O)[C@@H]2[C@H](N3C(=O)c4ccc([N+](=O)[O-])cc4C3=O)C(=O)N2[C@H]1C(=O)OCc1ccc([N+](=O)[O-])cc1. The van der Waals surface area contributed by atoms with Crippen LogP contribution in [0.25, 0.3) is 0 Å². The van der Waals surface area contributed by atoms with Crippen molar-refractivity contribution in [1.29, 1.82) is 0 Å². The first-order valence-electron chi connectivity index (χ1n) is 11.2. The number of hydrogen-bond acceptors (Lipinski definition) is 11. The molecule has 3 aliphatic heterocycles. The van der Waals surface area contributed by atoms with Crippen molar-refractivity contribution in [3.63, 3.8) is 0 Å². The summed E-state index contributed by atoms with van der Waals surface area (Å²) >= 11 is 0. The molecule has 3 heterocycles. The molecule has 0 bridgehead atoms. The summed E-state index contributed by atoms with van der Waals surface area (Å²) in [5, 5.41) is 32.4. The average Bonchev–Trinajstić information content (AvgIpc) is 3.12. The second kappa shape index (κ2) is 8.97. The molecule has 196 valence electrons. The van der Waals surface area contributed by atoms with Gasteiger partial charge in [0.2, 0.25) is 5.91 Å². The van der Waals surface area contributed by atoms with Gasteiger partial charge in [-0.05, 0) is 30.7 Å². The van der Waals surface area contributed by atoms with Gasteiger partial charge >= 0.3 is 5.97 Å². The van der Waals surface area contributed by atoms with Crippen molar-refractivity contribution in [1.82, 2.24) is 9.80 Å². The molecule has 0 aliphatic carbocycles. The van der Waals surface area contributed by atoms with E-state index in [1.165, 1.54) is 31.2 Å². The number of aliphatic hydroxyl groups excluding tert-OH is 1. The molecule has 3 amide bonds. The number of nitro groups is 2. The van der Waals surface area contributed by atoms with E-state index in [1.807, 2.05) is 0 Å².